The average Bonchev–Trinajstić information content (AvgIpc) is 3.06. The first-order chi connectivity index (χ1) is 13.5. The van der Waals surface area contributed by atoms with Crippen molar-refractivity contribution >= 4 is 5.91 Å². The predicted molar refractivity (Wildman–Crippen MR) is 99.4 cm³/mol. The van der Waals surface area contributed by atoms with Gasteiger partial charge in [-0.25, -0.2) is 14.1 Å². The molecule has 1 aliphatic heterocycles. The number of ether oxygens (including phenoxy) is 1. The van der Waals surface area contributed by atoms with Crippen molar-refractivity contribution in [3.8, 4) is 11.6 Å². The molecular formula is C20H20FN5O2. The smallest absolute Gasteiger partial charge is 0.219 e. The van der Waals surface area contributed by atoms with Gasteiger partial charge in [0.15, 0.2) is 0 Å². The van der Waals surface area contributed by atoms with Crippen LogP contribution in [-0.4, -0.2) is 37.3 Å². The second kappa shape index (κ2) is 7.38. The van der Waals surface area contributed by atoms with Crippen LogP contribution in [0.1, 0.15) is 29.6 Å². The van der Waals surface area contributed by atoms with E-state index in [2.05, 4.69) is 15.3 Å². The monoisotopic (exact) mass is 381 g/mol. The molecule has 7 nitrogen and oxygen atoms in total. The van der Waals surface area contributed by atoms with E-state index in [0.717, 1.165) is 22.6 Å². The van der Waals surface area contributed by atoms with Crippen LogP contribution in [0.5, 0.6) is 5.88 Å². The number of fused-ring (bicyclic) bond motifs is 1. The molecule has 0 aliphatic carbocycles. The largest absolute Gasteiger partial charge is 0.471 e. The SMILES string of the molecule is CC(=O)N1CCc2nc(OCc3c(C)nnn3-c3ccc(F)cc3)ccc2C1. The molecule has 3 aromatic rings. The number of carbonyl (C=O) groups is 1. The molecule has 0 saturated heterocycles. The number of aryl methyl sites for hydroxylation is 1. The van der Waals surface area contributed by atoms with E-state index < -0.39 is 0 Å². The number of benzene rings is 1. The molecular weight excluding hydrogens is 361 g/mol. The Morgan fingerprint density at radius 2 is 2.00 bits per heavy atom. The summed E-state index contributed by atoms with van der Waals surface area (Å²) in [6.45, 7) is 4.91. The van der Waals surface area contributed by atoms with Gasteiger partial charge in [-0.15, -0.1) is 5.10 Å². The fraction of sp³-hybridized carbons (Fsp3) is 0.300. The molecule has 0 atom stereocenters. The maximum atomic E-state index is 13.2. The molecule has 0 N–H and O–H groups in total. The minimum absolute atomic E-state index is 0.0722. The second-order valence-electron chi connectivity index (χ2n) is 6.74. The Kier molecular flexibility index (Phi) is 4.77. The van der Waals surface area contributed by atoms with Gasteiger partial charge in [0.25, 0.3) is 0 Å². The third-order valence-corrected chi connectivity index (χ3v) is 4.85. The summed E-state index contributed by atoms with van der Waals surface area (Å²) in [5, 5.41) is 8.23. The topological polar surface area (TPSA) is 73.1 Å². The van der Waals surface area contributed by atoms with Crippen LogP contribution in [0.3, 0.4) is 0 Å². The molecule has 0 saturated carbocycles. The maximum Gasteiger partial charge on any atom is 0.219 e. The van der Waals surface area contributed by atoms with Gasteiger partial charge in [0.1, 0.15) is 18.1 Å². The summed E-state index contributed by atoms with van der Waals surface area (Å²) in [5.41, 5.74) is 4.22. The summed E-state index contributed by atoms with van der Waals surface area (Å²) in [6, 6.07) is 9.81. The van der Waals surface area contributed by atoms with Gasteiger partial charge in [-0.3, -0.25) is 4.79 Å². The normalized spacial score (nSPS) is 13.3. The summed E-state index contributed by atoms with van der Waals surface area (Å²) < 4.78 is 20.7. The molecule has 28 heavy (non-hydrogen) atoms. The van der Waals surface area contributed by atoms with Crippen LogP contribution in [0.2, 0.25) is 0 Å². The maximum absolute atomic E-state index is 13.2. The molecule has 144 valence electrons. The van der Waals surface area contributed by atoms with E-state index in [1.165, 1.54) is 12.1 Å². The number of amides is 1. The quantitative estimate of drug-likeness (QED) is 0.695. The van der Waals surface area contributed by atoms with Crippen LogP contribution in [0.4, 0.5) is 4.39 Å². The van der Waals surface area contributed by atoms with Gasteiger partial charge in [-0.05, 0) is 36.8 Å². The minimum atomic E-state index is -0.306. The summed E-state index contributed by atoms with van der Waals surface area (Å²) in [6.07, 6.45) is 0.709. The zero-order valence-corrected chi connectivity index (χ0v) is 15.7. The molecule has 1 aromatic carbocycles. The first-order valence-electron chi connectivity index (χ1n) is 9.05. The summed E-state index contributed by atoms with van der Waals surface area (Å²) in [7, 11) is 0. The Hall–Kier alpha value is -3.29. The van der Waals surface area contributed by atoms with Gasteiger partial charge < -0.3 is 9.64 Å². The van der Waals surface area contributed by atoms with E-state index in [-0.39, 0.29) is 18.3 Å². The molecule has 3 heterocycles. The van der Waals surface area contributed by atoms with Crippen molar-refractivity contribution in [1.82, 2.24) is 24.9 Å². The Morgan fingerprint density at radius 3 is 2.75 bits per heavy atom. The van der Waals surface area contributed by atoms with Crippen molar-refractivity contribution < 1.29 is 13.9 Å². The summed E-state index contributed by atoms with van der Waals surface area (Å²) in [5.74, 6) is 0.282. The molecule has 4 rings (SSSR count). The number of rotatable bonds is 4. The van der Waals surface area contributed by atoms with Crippen LogP contribution in [0.25, 0.3) is 5.69 Å². The molecule has 2 aromatic heterocycles. The van der Waals surface area contributed by atoms with Crippen molar-refractivity contribution in [2.75, 3.05) is 6.54 Å². The highest BCUT2D eigenvalue weighted by Crippen LogP contribution is 2.22. The third kappa shape index (κ3) is 3.58. The molecule has 0 unspecified atom stereocenters. The predicted octanol–water partition coefficient (Wildman–Crippen LogP) is 2.59. The lowest BCUT2D eigenvalue weighted by molar-refractivity contribution is -0.129. The molecule has 0 spiro atoms. The van der Waals surface area contributed by atoms with E-state index in [4.69, 9.17) is 4.74 Å². The molecule has 8 heteroatoms. The first-order valence-corrected chi connectivity index (χ1v) is 9.05. The van der Waals surface area contributed by atoms with E-state index in [9.17, 15) is 9.18 Å². The van der Waals surface area contributed by atoms with Crippen LogP contribution in [0.15, 0.2) is 36.4 Å². The van der Waals surface area contributed by atoms with Crippen molar-refractivity contribution in [1.29, 1.82) is 0 Å². The van der Waals surface area contributed by atoms with E-state index in [1.54, 1.807) is 28.6 Å². The van der Waals surface area contributed by atoms with Gasteiger partial charge in [0.05, 0.1) is 17.1 Å². The lowest BCUT2D eigenvalue weighted by Crippen LogP contribution is -2.34. The lowest BCUT2D eigenvalue weighted by atomic mass is 10.1. The number of carbonyl (C=O) groups excluding carboxylic acids is 1. The van der Waals surface area contributed by atoms with Gasteiger partial charge in [0, 0.05) is 32.5 Å². The standard InChI is InChI=1S/C20H20FN5O2/c1-13-19(26(24-23-13)17-6-4-16(21)5-7-17)12-28-20-8-3-15-11-25(14(2)27)10-9-18(15)22-20/h3-8H,9-12H2,1-2H3. The zero-order chi connectivity index (χ0) is 19.7. The van der Waals surface area contributed by atoms with Crippen LogP contribution in [0, 0.1) is 12.7 Å². The second-order valence-corrected chi connectivity index (χ2v) is 6.74. The van der Waals surface area contributed by atoms with Crippen LogP contribution < -0.4 is 4.74 Å². The highest BCUT2D eigenvalue weighted by atomic mass is 19.1. The van der Waals surface area contributed by atoms with Crippen molar-refractivity contribution in [2.45, 2.75) is 33.4 Å². The zero-order valence-electron chi connectivity index (χ0n) is 15.7. The van der Waals surface area contributed by atoms with Crippen molar-refractivity contribution in [2.24, 2.45) is 0 Å². The highest BCUT2D eigenvalue weighted by Gasteiger charge is 2.20. The number of hydrogen-bond acceptors (Lipinski definition) is 5. The van der Waals surface area contributed by atoms with Crippen molar-refractivity contribution in [3.63, 3.8) is 0 Å². The Bertz CT molecular complexity index is 1020. The molecule has 0 bridgehead atoms. The Balaban J connectivity index is 1.51. The van der Waals surface area contributed by atoms with Gasteiger partial charge in [-0.1, -0.05) is 11.3 Å². The van der Waals surface area contributed by atoms with Gasteiger partial charge >= 0.3 is 0 Å². The van der Waals surface area contributed by atoms with E-state index >= 15 is 0 Å². The number of halogens is 1. The molecule has 0 radical (unpaired) electrons. The first kappa shape index (κ1) is 18.1. The Labute approximate surface area is 161 Å². The Morgan fingerprint density at radius 1 is 1.21 bits per heavy atom. The lowest BCUT2D eigenvalue weighted by Gasteiger charge is -2.27. The van der Waals surface area contributed by atoms with Gasteiger partial charge in [-0.2, -0.15) is 0 Å². The number of pyridine rings is 1. The fourth-order valence-corrected chi connectivity index (χ4v) is 3.22. The number of hydrogen-bond donors (Lipinski definition) is 0. The third-order valence-electron chi connectivity index (χ3n) is 4.85. The highest BCUT2D eigenvalue weighted by molar-refractivity contribution is 5.73. The number of nitrogens with zero attached hydrogens (tertiary/aromatic N) is 5. The molecule has 0 fully saturated rings. The van der Waals surface area contributed by atoms with Crippen LogP contribution in [-0.2, 0) is 24.4 Å². The summed E-state index contributed by atoms with van der Waals surface area (Å²) >= 11 is 0. The van der Waals surface area contributed by atoms with Gasteiger partial charge in [0.2, 0.25) is 11.8 Å². The van der Waals surface area contributed by atoms with E-state index in [0.29, 0.717) is 31.1 Å². The van der Waals surface area contributed by atoms with Crippen LogP contribution >= 0.6 is 0 Å². The fourth-order valence-electron chi connectivity index (χ4n) is 3.22. The average molecular weight is 381 g/mol. The minimum Gasteiger partial charge on any atom is -0.471 e. The molecule has 1 aliphatic rings. The van der Waals surface area contributed by atoms with Crippen molar-refractivity contribution in [3.05, 3.63) is 64.9 Å². The summed E-state index contributed by atoms with van der Waals surface area (Å²) in [4.78, 5) is 18.0. The number of aromatic nitrogens is 4. The van der Waals surface area contributed by atoms with E-state index in [1.807, 2.05) is 19.1 Å². The molecule has 1 amide bonds.